The minimum atomic E-state index is -3.33. The molecule has 2 N–H and O–H groups in total. The number of benzene rings is 1. The molecule has 1 aromatic rings. The Morgan fingerprint density at radius 1 is 1.16 bits per heavy atom. The van der Waals surface area contributed by atoms with Crippen molar-refractivity contribution in [3.63, 3.8) is 0 Å². The van der Waals surface area contributed by atoms with Gasteiger partial charge in [0.15, 0.2) is 0 Å². The van der Waals surface area contributed by atoms with E-state index in [1.165, 1.54) is 5.56 Å². The molecule has 7 nitrogen and oxygen atoms in total. The number of nitrogens with zero attached hydrogens (tertiary/aromatic N) is 1. The number of piperidine rings is 1. The number of amides is 2. The second kappa shape index (κ2) is 10.1. The van der Waals surface area contributed by atoms with Crippen LogP contribution in [0, 0.1) is 0 Å². The Bertz CT molecular complexity index is 866. The van der Waals surface area contributed by atoms with Gasteiger partial charge in [-0.15, -0.1) is 0 Å². The van der Waals surface area contributed by atoms with Crippen molar-refractivity contribution in [2.75, 3.05) is 25.4 Å². The number of hydrogen-bond donors (Lipinski definition) is 2. The van der Waals surface area contributed by atoms with E-state index < -0.39 is 15.6 Å². The van der Waals surface area contributed by atoms with Gasteiger partial charge >= 0.3 is 6.03 Å². The highest BCUT2D eigenvalue weighted by molar-refractivity contribution is 7.89. The van der Waals surface area contributed by atoms with E-state index in [2.05, 4.69) is 40.4 Å². The van der Waals surface area contributed by atoms with Crippen LogP contribution in [0.5, 0.6) is 0 Å². The van der Waals surface area contributed by atoms with Crippen LogP contribution in [0.1, 0.15) is 69.8 Å². The first kappa shape index (κ1) is 23.5. The molecule has 4 rings (SSSR count). The Hall–Kier alpha value is -1.64. The molecule has 2 aliphatic heterocycles. The fraction of sp³-hybridized carbons (Fsp3) is 0.708. The number of carbonyl (C=O) groups excluding carboxylic acids is 1. The van der Waals surface area contributed by atoms with Gasteiger partial charge in [-0.25, -0.2) is 17.9 Å². The van der Waals surface area contributed by atoms with Crippen LogP contribution in [0.3, 0.4) is 0 Å². The van der Waals surface area contributed by atoms with Crippen molar-refractivity contribution >= 4 is 16.1 Å². The summed E-state index contributed by atoms with van der Waals surface area (Å²) in [6.07, 6.45) is 7.24. The van der Waals surface area contributed by atoms with Gasteiger partial charge in [0.1, 0.15) is 0 Å². The zero-order chi connectivity index (χ0) is 22.6. The van der Waals surface area contributed by atoms with E-state index >= 15 is 0 Å². The normalized spacial score (nSPS) is 32.5. The minimum Gasteiger partial charge on any atom is -0.376 e. The summed E-state index contributed by atoms with van der Waals surface area (Å²) < 4.78 is 34.3. The topological polar surface area (TPSA) is 87.7 Å². The standard InChI is InChI=1S/C24H37N3O4S/c1-2-25-23(28)27-16-6-14-24(15-7-17-32(29,30)26-24)22(27)18-31-21-12-10-20(11-13-21)19-8-4-3-5-9-19/h3-5,8-9,20-22,26H,2,6-7,10-18H2,1H3,(H,25,28)/t20?,21?,22-,24+/m0/s1. The second-order valence-corrected chi connectivity index (χ2v) is 11.4. The number of rotatable bonds is 5. The van der Waals surface area contributed by atoms with Crippen molar-refractivity contribution in [3.8, 4) is 0 Å². The number of hydrogen-bond acceptors (Lipinski definition) is 4. The Morgan fingerprint density at radius 3 is 2.56 bits per heavy atom. The molecule has 1 saturated carbocycles. The molecule has 0 radical (unpaired) electrons. The summed E-state index contributed by atoms with van der Waals surface area (Å²) in [7, 11) is -3.33. The average Bonchev–Trinajstić information content (AvgIpc) is 2.78. The third-order valence-corrected chi connectivity index (χ3v) is 9.00. The van der Waals surface area contributed by atoms with E-state index in [0.717, 1.165) is 44.9 Å². The molecule has 1 spiro atoms. The molecule has 2 saturated heterocycles. The highest BCUT2D eigenvalue weighted by atomic mass is 32.2. The number of carbonyl (C=O) groups is 1. The van der Waals surface area contributed by atoms with Crippen molar-refractivity contribution in [3.05, 3.63) is 35.9 Å². The highest BCUT2D eigenvalue weighted by Crippen LogP contribution is 2.38. The third kappa shape index (κ3) is 5.29. The fourth-order valence-electron chi connectivity index (χ4n) is 5.85. The van der Waals surface area contributed by atoms with Crippen LogP contribution in [-0.4, -0.2) is 62.5 Å². The van der Waals surface area contributed by atoms with Crippen molar-refractivity contribution in [1.82, 2.24) is 14.9 Å². The van der Waals surface area contributed by atoms with E-state index in [1.807, 2.05) is 11.8 Å². The van der Waals surface area contributed by atoms with Crippen molar-refractivity contribution in [2.45, 2.75) is 81.9 Å². The molecule has 0 unspecified atom stereocenters. The van der Waals surface area contributed by atoms with E-state index in [4.69, 9.17) is 4.74 Å². The van der Waals surface area contributed by atoms with Gasteiger partial charge in [0.05, 0.1) is 30.0 Å². The molecule has 3 aliphatic rings. The lowest BCUT2D eigenvalue weighted by Crippen LogP contribution is -2.70. The van der Waals surface area contributed by atoms with E-state index in [9.17, 15) is 13.2 Å². The smallest absolute Gasteiger partial charge is 0.317 e. The molecule has 8 heteroatoms. The largest absolute Gasteiger partial charge is 0.376 e. The maximum atomic E-state index is 12.8. The maximum Gasteiger partial charge on any atom is 0.317 e. The zero-order valence-electron chi connectivity index (χ0n) is 19.1. The van der Waals surface area contributed by atoms with Crippen LogP contribution in [-0.2, 0) is 14.8 Å². The lowest BCUT2D eigenvalue weighted by molar-refractivity contribution is -0.0387. The first-order valence-electron chi connectivity index (χ1n) is 12.1. The Morgan fingerprint density at radius 2 is 1.88 bits per heavy atom. The number of ether oxygens (including phenoxy) is 1. The molecular weight excluding hydrogens is 426 g/mol. The summed E-state index contributed by atoms with van der Waals surface area (Å²) in [6, 6.07) is 10.2. The Balaban J connectivity index is 1.43. The Labute approximate surface area is 192 Å². The predicted molar refractivity (Wildman–Crippen MR) is 125 cm³/mol. The molecule has 0 aromatic heterocycles. The van der Waals surface area contributed by atoms with Gasteiger partial charge in [-0.1, -0.05) is 30.3 Å². The lowest BCUT2D eigenvalue weighted by atomic mass is 9.78. The summed E-state index contributed by atoms with van der Waals surface area (Å²) in [5, 5.41) is 2.90. The molecule has 2 amide bonds. The minimum absolute atomic E-state index is 0.127. The average molecular weight is 464 g/mol. The van der Waals surface area contributed by atoms with Gasteiger partial charge in [-0.2, -0.15) is 0 Å². The number of likely N-dealkylation sites (tertiary alicyclic amines) is 1. The molecular formula is C24H37N3O4S. The van der Waals surface area contributed by atoms with Gasteiger partial charge in [0, 0.05) is 13.1 Å². The maximum absolute atomic E-state index is 12.8. The van der Waals surface area contributed by atoms with Crippen molar-refractivity contribution in [1.29, 1.82) is 0 Å². The van der Waals surface area contributed by atoms with Crippen LogP contribution in [0.4, 0.5) is 4.79 Å². The van der Waals surface area contributed by atoms with Crippen LogP contribution < -0.4 is 10.0 Å². The highest BCUT2D eigenvalue weighted by Gasteiger charge is 2.50. The van der Waals surface area contributed by atoms with Gasteiger partial charge in [-0.3, -0.25) is 0 Å². The van der Waals surface area contributed by atoms with Crippen molar-refractivity contribution < 1.29 is 17.9 Å². The fourth-order valence-corrected chi connectivity index (χ4v) is 7.43. The van der Waals surface area contributed by atoms with Crippen LogP contribution >= 0.6 is 0 Å². The quantitative estimate of drug-likeness (QED) is 0.701. The second-order valence-electron chi connectivity index (χ2n) is 9.55. The summed E-state index contributed by atoms with van der Waals surface area (Å²) >= 11 is 0. The van der Waals surface area contributed by atoms with Crippen molar-refractivity contribution in [2.24, 2.45) is 0 Å². The van der Waals surface area contributed by atoms with Crippen LogP contribution in [0.15, 0.2) is 30.3 Å². The van der Waals surface area contributed by atoms with E-state index in [1.54, 1.807) is 0 Å². The molecule has 1 aliphatic carbocycles. The van der Waals surface area contributed by atoms with Gasteiger partial charge in [0.25, 0.3) is 0 Å². The van der Waals surface area contributed by atoms with E-state index in [0.29, 0.717) is 32.0 Å². The van der Waals surface area contributed by atoms with Gasteiger partial charge in [-0.05, 0) is 69.8 Å². The third-order valence-electron chi connectivity index (χ3n) is 7.45. The summed E-state index contributed by atoms with van der Waals surface area (Å²) in [6.45, 7) is 3.45. The first-order chi connectivity index (χ1) is 15.4. The monoisotopic (exact) mass is 463 g/mol. The van der Waals surface area contributed by atoms with Crippen LogP contribution in [0.2, 0.25) is 0 Å². The lowest BCUT2D eigenvalue weighted by Gasteiger charge is -2.51. The molecule has 0 bridgehead atoms. The number of sulfonamides is 1. The summed E-state index contributed by atoms with van der Waals surface area (Å²) in [5.74, 6) is 0.738. The van der Waals surface area contributed by atoms with Gasteiger partial charge in [0.2, 0.25) is 10.0 Å². The molecule has 1 aromatic carbocycles. The van der Waals surface area contributed by atoms with Gasteiger partial charge < -0.3 is 15.0 Å². The SMILES string of the molecule is CCNC(=O)N1CCC[C@@]2(CCCS(=O)(=O)N2)[C@@H]1COC1CCC(c2ccccc2)CC1. The zero-order valence-corrected chi connectivity index (χ0v) is 19.9. The molecule has 2 atom stereocenters. The van der Waals surface area contributed by atoms with Crippen LogP contribution in [0.25, 0.3) is 0 Å². The first-order valence-corrected chi connectivity index (χ1v) is 13.8. The molecule has 2 heterocycles. The number of urea groups is 1. The molecule has 3 fully saturated rings. The van der Waals surface area contributed by atoms with E-state index in [-0.39, 0.29) is 23.9 Å². The summed E-state index contributed by atoms with van der Waals surface area (Å²) in [5.41, 5.74) is 0.776. The molecule has 178 valence electrons. The molecule has 32 heavy (non-hydrogen) atoms. The summed E-state index contributed by atoms with van der Waals surface area (Å²) in [4.78, 5) is 14.6. The predicted octanol–water partition coefficient (Wildman–Crippen LogP) is 3.38. The number of nitrogens with one attached hydrogen (secondary N) is 2. The Kier molecular flexibility index (Phi) is 7.42.